The zero-order valence-corrected chi connectivity index (χ0v) is 19.7. The molecule has 1 aliphatic rings. The second kappa shape index (κ2) is 12.0. The topological polar surface area (TPSA) is 49.8 Å². The number of carboxylic acids is 1. The number of thiophene rings is 1. The Bertz CT molecular complexity index is 964. The highest BCUT2D eigenvalue weighted by molar-refractivity contribution is 7.08. The summed E-state index contributed by atoms with van der Waals surface area (Å²) < 4.78 is 6.05. The number of aliphatic carboxylic acids is 1. The average Bonchev–Trinajstić information content (AvgIpc) is 3.46. The fraction of sp³-hybridized carbons (Fsp3) is 0.346. The van der Waals surface area contributed by atoms with Crippen molar-refractivity contribution in [1.82, 2.24) is 4.90 Å². The number of benzene rings is 2. The lowest BCUT2D eigenvalue weighted by Crippen LogP contribution is -3.00. The predicted octanol–water partition coefficient (Wildman–Crippen LogP) is 2.83. The molecule has 1 aliphatic heterocycles. The third-order valence-electron chi connectivity index (χ3n) is 5.92. The van der Waals surface area contributed by atoms with E-state index in [9.17, 15) is 4.79 Å². The molecule has 1 atom stereocenters. The second-order valence-corrected chi connectivity index (χ2v) is 8.95. The van der Waals surface area contributed by atoms with Crippen molar-refractivity contribution in [2.45, 2.75) is 38.1 Å². The van der Waals surface area contributed by atoms with E-state index >= 15 is 0 Å². The number of halogens is 1. The van der Waals surface area contributed by atoms with E-state index in [0.29, 0.717) is 19.1 Å². The van der Waals surface area contributed by atoms with E-state index in [1.807, 2.05) is 0 Å². The van der Waals surface area contributed by atoms with E-state index in [2.05, 4.69) is 70.3 Å². The number of rotatable bonds is 10. The Balaban J connectivity index is 0.00000193. The minimum absolute atomic E-state index is 0. The lowest BCUT2D eigenvalue weighted by atomic mass is 10.0. The minimum Gasteiger partial charge on any atom is -1.00 e. The molecular formula is C26H30ClNO3S. The number of ether oxygens (including phenoxy) is 1. The second-order valence-electron chi connectivity index (χ2n) is 8.17. The van der Waals surface area contributed by atoms with Crippen molar-refractivity contribution in [3.05, 3.63) is 76.5 Å². The van der Waals surface area contributed by atoms with Gasteiger partial charge in [0.1, 0.15) is 12.4 Å². The van der Waals surface area contributed by atoms with Crippen LogP contribution in [0.5, 0.6) is 5.75 Å². The van der Waals surface area contributed by atoms with Crippen LogP contribution in [0, 0.1) is 0 Å². The summed E-state index contributed by atoms with van der Waals surface area (Å²) in [7, 11) is 0. The number of hydrogen-bond acceptors (Lipinski definition) is 4. The molecule has 0 unspecified atom stereocenters. The number of likely N-dealkylation sites (tertiary alicyclic amines) is 1. The van der Waals surface area contributed by atoms with Gasteiger partial charge in [0.05, 0.1) is 0 Å². The fourth-order valence-corrected chi connectivity index (χ4v) is 4.85. The van der Waals surface area contributed by atoms with Gasteiger partial charge in [-0.2, -0.15) is 11.3 Å². The molecule has 0 saturated carbocycles. The van der Waals surface area contributed by atoms with E-state index < -0.39 is 5.97 Å². The maximum Gasteiger partial charge on any atom is 1.00 e. The van der Waals surface area contributed by atoms with E-state index in [0.717, 1.165) is 38.1 Å². The van der Waals surface area contributed by atoms with Crippen LogP contribution in [0.1, 0.15) is 38.2 Å². The van der Waals surface area contributed by atoms with Gasteiger partial charge in [0.2, 0.25) is 0 Å². The Morgan fingerprint density at radius 1 is 1.06 bits per heavy atom. The highest BCUT2D eigenvalue weighted by atomic mass is 35.5. The standard InChI is InChI=1S/C26H29NO3S.ClH/c28-26(29)4-2-15-27-14-1-3-24(27)18-30-25-11-7-21(8-12-25)17-20-5-9-22(10-6-20)23-13-16-31-19-23;/h5-13,16,19,24H,1-4,14-15,17-18H2,(H,28,29);1H/t24-;/m1./s1. The van der Waals surface area contributed by atoms with Crippen LogP contribution in [0.4, 0.5) is 0 Å². The summed E-state index contributed by atoms with van der Waals surface area (Å²) in [5.41, 5.74) is 5.11. The van der Waals surface area contributed by atoms with Crippen LogP contribution in [0.3, 0.4) is 0 Å². The molecular weight excluding hydrogens is 442 g/mol. The molecule has 1 aromatic heterocycles. The highest BCUT2D eigenvalue weighted by Crippen LogP contribution is 2.24. The van der Waals surface area contributed by atoms with Crippen LogP contribution >= 0.6 is 11.3 Å². The summed E-state index contributed by atoms with van der Waals surface area (Å²) in [4.78, 5) is 13.1. The molecule has 2 aromatic carbocycles. The van der Waals surface area contributed by atoms with Gasteiger partial charge in [-0.25, -0.2) is 0 Å². The number of carboxylic acid groups (broad SMARTS) is 1. The molecule has 1 N–H and O–H groups in total. The lowest BCUT2D eigenvalue weighted by Gasteiger charge is -2.24. The third kappa shape index (κ3) is 6.83. The molecule has 4 nitrogen and oxygen atoms in total. The van der Waals surface area contributed by atoms with Gasteiger partial charge < -0.3 is 22.3 Å². The van der Waals surface area contributed by atoms with Crippen molar-refractivity contribution in [3.63, 3.8) is 0 Å². The summed E-state index contributed by atoms with van der Waals surface area (Å²) in [5, 5.41) is 13.1. The smallest absolute Gasteiger partial charge is 1.00 e. The van der Waals surface area contributed by atoms with E-state index in [4.69, 9.17) is 9.84 Å². The number of carbonyl (C=O) groups is 1. The Morgan fingerprint density at radius 3 is 2.44 bits per heavy atom. The van der Waals surface area contributed by atoms with E-state index in [1.54, 1.807) is 11.3 Å². The first-order valence-corrected chi connectivity index (χ1v) is 11.9. The largest absolute Gasteiger partial charge is 1.00 e. The van der Waals surface area contributed by atoms with Crippen molar-refractivity contribution in [1.29, 1.82) is 0 Å². The fourth-order valence-electron chi connectivity index (χ4n) is 4.19. The molecule has 0 aliphatic carbocycles. The molecule has 0 radical (unpaired) electrons. The molecule has 3 aromatic rings. The van der Waals surface area contributed by atoms with Gasteiger partial charge in [-0.1, -0.05) is 36.4 Å². The van der Waals surface area contributed by atoms with Crippen LogP contribution < -0.4 is 17.1 Å². The molecule has 0 bridgehead atoms. The van der Waals surface area contributed by atoms with Gasteiger partial charge in [-0.05, 0) is 90.0 Å². The van der Waals surface area contributed by atoms with Crippen LogP contribution in [0.15, 0.2) is 65.4 Å². The van der Waals surface area contributed by atoms with Gasteiger partial charge in [0, 0.05) is 12.5 Å². The maximum absolute atomic E-state index is 10.7. The first-order chi connectivity index (χ1) is 15.2. The van der Waals surface area contributed by atoms with Gasteiger partial charge in [-0.15, -0.1) is 0 Å². The van der Waals surface area contributed by atoms with Crippen molar-refractivity contribution in [2.75, 3.05) is 19.7 Å². The van der Waals surface area contributed by atoms with Crippen molar-refractivity contribution < 1.29 is 28.5 Å². The first-order valence-electron chi connectivity index (χ1n) is 11.0. The monoisotopic (exact) mass is 471 g/mol. The third-order valence-corrected chi connectivity index (χ3v) is 6.60. The average molecular weight is 472 g/mol. The Labute approximate surface area is 201 Å². The van der Waals surface area contributed by atoms with Gasteiger partial charge in [-0.3, -0.25) is 9.69 Å². The summed E-state index contributed by atoms with van der Waals surface area (Å²) in [6.45, 7) is 2.54. The Kier molecular flexibility index (Phi) is 9.15. The van der Waals surface area contributed by atoms with Gasteiger partial charge in [0.25, 0.3) is 0 Å². The quantitative estimate of drug-likeness (QED) is 0.494. The summed E-state index contributed by atoms with van der Waals surface area (Å²) >= 11 is 1.72. The molecule has 32 heavy (non-hydrogen) atoms. The molecule has 0 amide bonds. The van der Waals surface area contributed by atoms with E-state index in [1.165, 1.54) is 22.3 Å². The zero-order chi connectivity index (χ0) is 21.5. The normalized spacial score (nSPS) is 15.9. The molecule has 170 valence electrons. The molecule has 1 fully saturated rings. The number of nitrogens with zero attached hydrogens (tertiary/aromatic N) is 1. The number of hydrogen-bond donors (Lipinski definition) is 1. The highest BCUT2D eigenvalue weighted by Gasteiger charge is 2.24. The summed E-state index contributed by atoms with van der Waals surface area (Å²) in [5.74, 6) is 0.180. The summed E-state index contributed by atoms with van der Waals surface area (Å²) in [6.07, 6.45) is 4.12. The SMILES string of the molecule is O=C(O)CCCN1CCC[C@@H]1COc1ccc(Cc2ccc(-c3ccsc3)cc2)cc1.[Cl-].[H+]. The molecule has 6 heteroatoms. The first kappa shape index (κ1) is 24.3. The van der Waals surface area contributed by atoms with Crippen LogP contribution in [-0.4, -0.2) is 41.7 Å². The summed E-state index contributed by atoms with van der Waals surface area (Å²) in [6, 6.07) is 19.7. The van der Waals surface area contributed by atoms with Crippen molar-refractivity contribution in [2.24, 2.45) is 0 Å². The zero-order valence-electron chi connectivity index (χ0n) is 19.1. The van der Waals surface area contributed by atoms with Crippen LogP contribution in [0.2, 0.25) is 0 Å². The lowest BCUT2D eigenvalue weighted by molar-refractivity contribution is -0.137. The van der Waals surface area contributed by atoms with Gasteiger partial charge >= 0.3 is 7.40 Å². The van der Waals surface area contributed by atoms with Gasteiger partial charge in [0.15, 0.2) is 0 Å². The molecule has 1 saturated heterocycles. The van der Waals surface area contributed by atoms with E-state index in [-0.39, 0.29) is 20.3 Å². The van der Waals surface area contributed by atoms with Crippen molar-refractivity contribution >= 4 is 17.3 Å². The Hall–Kier alpha value is -2.34. The van der Waals surface area contributed by atoms with Crippen LogP contribution in [0.25, 0.3) is 11.1 Å². The molecule has 2 heterocycles. The maximum atomic E-state index is 10.7. The Morgan fingerprint density at radius 2 is 1.78 bits per heavy atom. The van der Waals surface area contributed by atoms with Crippen molar-refractivity contribution in [3.8, 4) is 16.9 Å². The minimum atomic E-state index is -0.717. The predicted molar refractivity (Wildman–Crippen MR) is 127 cm³/mol. The molecule has 0 spiro atoms. The molecule has 4 rings (SSSR count). The van der Waals surface area contributed by atoms with Crippen LogP contribution in [-0.2, 0) is 11.2 Å².